The Kier molecular flexibility index (Phi) is 5.74. The molecule has 0 aliphatic heterocycles. The zero-order chi connectivity index (χ0) is 30.9. The van der Waals surface area contributed by atoms with Gasteiger partial charge in [0.05, 0.1) is 0 Å². The minimum Gasteiger partial charge on any atom is -0.208 e. The van der Waals surface area contributed by atoms with Crippen molar-refractivity contribution < 1.29 is 0 Å². The Morgan fingerprint density at radius 3 is 1.36 bits per heavy atom. The highest BCUT2D eigenvalue weighted by atomic mass is 32.1. The zero-order valence-corrected chi connectivity index (χ0v) is 26.0. The second-order valence-corrected chi connectivity index (χ2v) is 13.0. The highest BCUT2D eigenvalue weighted by Crippen LogP contribution is 2.47. The summed E-state index contributed by atoms with van der Waals surface area (Å²) in [5, 5.41) is 12.7. The molecule has 0 atom stereocenters. The van der Waals surface area contributed by atoms with E-state index in [1.807, 2.05) is 47.7 Å². The molecule has 0 saturated carbocycles. The van der Waals surface area contributed by atoms with Gasteiger partial charge in [0.2, 0.25) is 0 Å². The Labute approximate surface area is 274 Å². The monoisotopic (exact) mass is 615 g/mol. The first-order valence-corrected chi connectivity index (χ1v) is 16.6. The fraction of sp³-hybridized carbons (Fsp3) is 0. The Morgan fingerprint density at radius 1 is 0.340 bits per heavy atom. The molecule has 218 valence electrons. The Morgan fingerprint density at radius 2 is 0.766 bits per heavy atom. The van der Waals surface area contributed by atoms with E-state index in [0.717, 1.165) is 22.1 Å². The van der Waals surface area contributed by atoms with Crippen molar-refractivity contribution in [2.45, 2.75) is 0 Å². The van der Waals surface area contributed by atoms with E-state index in [1.54, 1.807) is 0 Å². The standard InChI is InChI=1S/C43H25N3S/c1-3-13-26(14-4-1)41-44-42(27-15-5-2-6-16-27)46-43(45-41)36-25-37-38(32-21-11-10-20-31(32)36)35-24-23-34-30-19-8-7-17-28(30)29-18-9-12-22-33(29)39(34)40(35)47-37/h1-25H. The summed E-state index contributed by atoms with van der Waals surface area (Å²) < 4.78 is 2.54. The molecule has 0 bridgehead atoms. The van der Waals surface area contributed by atoms with Crippen molar-refractivity contribution in [3.05, 3.63) is 152 Å². The number of hydrogen-bond donors (Lipinski definition) is 0. The number of rotatable bonds is 3. The van der Waals surface area contributed by atoms with Gasteiger partial charge in [0.1, 0.15) is 0 Å². The van der Waals surface area contributed by atoms with Crippen LogP contribution in [0.25, 0.3) is 97.4 Å². The summed E-state index contributed by atoms with van der Waals surface area (Å²) in [4.78, 5) is 15.2. The summed E-state index contributed by atoms with van der Waals surface area (Å²) in [6, 6.07) is 53.6. The van der Waals surface area contributed by atoms with Crippen LogP contribution in [-0.2, 0) is 0 Å². The van der Waals surface area contributed by atoms with Crippen LogP contribution in [0.4, 0.5) is 0 Å². The van der Waals surface area contributed by atoms with Gasteiger partial charge in [-0.1, -0.05) is 146 Å². The van der Waals surface area contributed by atoms with Crippen molar-refractivity contribution in [3.63, 3.8) is 0 Å². The van der Waals surface area contributed by atoms with Crippen molar-refractivity contribution in [1.29, 1.82) is 0 Å². The summed E-state index contributed by atoms with van der Waals surface area (Å²) in [6.07, 6.45) is 0. The van der Waals surface area contributed by atoms with Crippen LogP contribution in [0, 0.1) is 0 Å². The molecule has 0 amide bonds. The van der Waals surface area contributed by atoms with E-state index in [-0.39, 0.29) is 0 Å². The molecule has 10 rings (SSSR count). The van der Waals surface area contributed by atoms with Crippen LogP contribution in [0.2, 0.25) is 0 Å². The molecule has 3 nitrogen and oxygen atoms in total. The summed E-state index contributed by atoms with van der Waals surface area (Å²) in [5.74, 6) is 2.01. The summed E-state index contributed by atoms with van der Waals surface area (Å²) in [5.41, 5.74) is 2.94. The lowest BCUT2D eigenvalue weighted by Gasteiger charge is -2.12. The highest BCUT2D eigenvalue weighted by Gasteiger charge is 2.20. The van der Waals surface area contributed by atoms with Gasteiger partial charge < -0.3 is 0 Å². The maximum Gasteiger partial charge on any atom is 0.164 e. The lowest BCUT2D eigenvalue weighted by molar-refractivity contribution is 1.08. The maximum absolute atomic E-state index is 5.12. The molecule has 0 radical (unpaired) electrons. The third-order valence-corrected chi connectivity index (χ3v) is 10.5. The molecule has 10 aromatic rings. The van der Waals surface area contributed by atoms with Crippen molar-refractivity contribution in [2.75, 3.05) is 0 Å². The molecule has 2 aromatic heterocycles. The smallest absolute Gasteiger partial charge is 0.164 e. The largest absolute Gasteiger partial charge is 0.208 e. The predicted octanol–water partition coefficient (Wildman–Crippen LogP) is 11.9. The lowest BCUT2D eigenvalue weighted by Crippen LogP contribution is -2.00. The summed E-state index contributed by atoms with van der Waals surface area (Å²) in [6.45, 7) is 0. The molecule has 47 heavy (non-hydrogen) atoms. The van der Waals surface area contributed by atoms with E-state index in [2.05, 4.69) is 115 Å². The van der Waals surface area contributed by atoms with Crippen LogP contribution >= 0.6 is 11.3 Å². The normalized spacial score (nSPS) is 11.8. The van der Waals surface area contributed by atoms with Crippen molar-refractivity contribution >= 4 is 74.6 Å². The molecule has 0 unspecified atom stereocenters. The molecular weight excluding hydrogens is 591 g/mol. The van der Waals surface area contributed by atoms with Gasteiger partial charge in [-0.25, -0.2) is 15.0 Å². The van der Waals surface area contributed by atoms with Crippen LogP contribution in [0.1, 0.15) is 0 Å². The van der Waals surface area contributed by atoms with Gasteiger partial charge in [-0.15, -0.1) is 11.3 Å². The zero-order valence-electron chi connectivity index (χ0n) is 25.2. The molecule has 0 spiro atoms. The summed E-state index contributed by atoms with van der Waals surface area (Å²) in [7, 11) is 0. The van der Waals surface area contributed by atoms with Gasteiger partial charge >= 0.3 is 0 Å². The number of benzene rings is 8. The van der Waals surface area contributed by atoms with Crippen molar-refractivity contribution in [2.24, 2.45) is 0 Å². The summed E-state index contributed by atoms with van der Waals surface area (Å²) >= 11 is 1.87. The highest BCUT2D eigenvalue weighted by molar-refractivity contribution is 7.27. The van der Waals surface area contributed by atoms with Gasteiger partial charge in [-0.2, -0.15) is 0 Å². The Hall–Kier alpha value is -5.97. The first-order valence-electron chi connectivity index (χ1n) is 15.8. The molecule has 8 aromatic carbocycles. The van der Waals surface area contributed by atoms with Gasteiger partial charge in [0.15, 0.2) is 17.5 Å². The van der Waals surface area contributed by atoms with E-state index in [0.29, 0.717) is 17.5 Å². The fourth-order valence-electron chi connectivity index (χ4n) is 7.20. The van der Waals surface area contributed by atoms with Gasteiger partial charge in [0, 0.05) is 42.2 Å². The number of fused-ring (bicyclic) bond motifs is 12. The number of nitrogens with zero attached hydrogens (tertiary/aromatic N) is 3. The van der Waals surface area contributed by atoms with E-state index < -0.39 is 0 Å². The predicted molar refractivity (Wildman–Crippen MR) is 199 cm³/mol. The quantitative estimate of drug-likeness (QED) is 0.186. The molecule has 0 fully saturated rings. The molecule has 4 heteroatoms. The van der Waals surface area contributed by atoms with Crippen LogP contribution in [0.15, 0.2) is 152 Å². The topological polar surface area (TPSA) is 38.7 Å². The van der Waals surface area contributed by atoms with E-state index in [9.17, 15) is 0 Å². The molecular formula is C43H25N3S. The Balaban J connectivity index is 1.32. The maximum atomic E-state index is 5.12. The third kappa shape index (κ3) is 4.02. The first kappa shape index (κ1) is 26.3. The number of hydrogen-bond acceptors (Lipinski definition) is 4. The van der Waals surface area contributed by atoms with Gasteiger partial charge in [0.25, 0.3) is 0 Å². The SMILES string of the molecule is c1ccc(-c2nc(-c3ccccc3)nc(-c3cc4sc5c(ccc6c7ccccc7c7ccccc7c65)c4c4ccccc34)n2)cc1. The van der Waals surface area contributed by atoms with E-state index in [4.69, 9.17) is 15.0 Å². The van der Waals surface area contributed by atoms with Gasteiger partial charge in [-0.3, -0.25) is 0 Å². The molecule has 0 aliphatic carbocycles. The molecule has 0 saturated heterocycles. The minimum atomic E-state index is 0.666. The first-order chi connectivity index (χ1) is 23.3. The average molecular weight is 616 g/mol. The molecule has 0 aliphatic rings. The number of aromatic nitrogens is 3. The fourth-order valence-corrected chi connectivity index (χ4v) is 8.52. The Bertz CT molecular complexity index is 2750. The molecule has 0 N–H and O–H groups in total. The lowest BCUT2D eigenvalue weighted by atomic mass is 9.92. The van der Waals surface area contributed by atoms with E-state index in [1.165, 1.54) is 57.9 Å². The van der Waals surface area contributed by atoms with Crippen LogP contribution < -0.4 is 0 Å². The second-order valence-electron chi connectivity index (χ2n) is 11.9. The number of thiophene rings is 1. The average Bonchev–Trinajstić information content (AvgIpc) is 3.54. The van der Waals surface area contributed by atoms with Crippen LogP contribution in [0.3, 0.4) is 0 Å². The van der Waals surface area contributed by atoms with Crippen molar-refractivity contribution in [3.8, 4) is 34.2 Å². The third-order valence-electron chi connectivity index (χ3n) is 9.29. The van der Waals surface area contributed by atoms with Crippen LogP contribution in [-0.4, -0.2) is 15.0 Å². The van der Waals surface area contributed by atoms with Crippen molar-refractivity contribution in [1.82, 2.24) is 15.0 Å². The van der Waals surface area contributed by atoms with E-state index >= 15 is 0 Å². The van der Waals surface area contributed by atoms with Gasteiger partial charge in [-0.05, 0) is 43.8 Å². The second kappa shape index (κ2) is 10.3. The minimum absolute atomic E-state index is 0.666. The molecule has 2 heterocycles. The van der Waals surface area contributed by atoms with Crippen LogP contribution in [0.5, 0.6) is 0 Å².